The van der Waals surface area contributed by atoms with Crippen molar-refractivity contribution in [3.8, 4) is 10.7 Å². The number of aryl methyl sites for hydroxylation is 3. The van der Waals surface area contributed by atoms with Gasteiger partial charge in [0.15, 0.2) is 0 Å². The first-order valence-corrected chi connectivity index (χ1v) is 7.08. The Labute approximate surface area is 111 Å². The summed E-state index contributed by atoms with van der Waals surface area (Å²) >= 11 is 1.68. The molecule has 3 nitrogen and oxygen atoms in total. The van der Waals surface area contributed by atoms with Crippen LogP contribution in [0.15, 0.2) is 12.3 Å². The molecule has 1 atom stereocenters. The van der Waals surface area contributed by atoms with Gasteiger partial charge in [0, 0.05) is 11.1 Å². The number of hydrogen-bond acceptors (Lipinski definition) is 4. The first-order valence-electron chi connectivity index (χ1n) is 6.26. The van der Waals surface area contributed by atoms with Crippen molar-refractivity contribution in [2.24, 2.45) is 0 Å². The maximum absolute atomic E-state index is 9.96. The molecule has 0 spiro atoms. The lowest BCUT2D eigenvalue weighted by atomic mass is 10.0. The van der Waals surface area contributed by atoms with Crippen LogP contribution < -0.4 is 0 Å². The number of nitrogens with zero attached hydrogens (tertiary/aromatic N) is 2. The van der Waals surface area contributed by atoms with Crippen molar-refractivity contribution in [1.82, 2.24) is 9.97 Å². The van der Waals surface area contributed by atoms with E-state index in [2.05, 4.69) is 23.0 Å². The highest BCUT2D eigenvalue weighted by atomic mass is 32.1. The summed E-state index contributed by atoms with van der Waals surface area (Å²) in [6.07, 6.45) is 4.41. The van der Waals surface area contributed by atoms with Gasteiger partial charge in [-0.3, -0.25) is 4.98 Å². The van der Waals surface area contributed by atoms with Crippen molar-refractivity contribution < 1.29 is 5.11 Å². The molecule has 0 saturated heterocycles. The zero-order chi connectivity index (χ0) is 12.7. The first-order chi connectivity index (χ1) is 8.65. The van der Waals surface area contributed by atoms with Crippen LogP contribution in [0.4, 0.5) is 0 Å². The number of pyridine rings is 1. The van der Waals surface area contributed by atoms with Gasteiger partial charge in [-0.2, -0.15) is 0 Å². The Hall–Kier alpha value is -1.26. The molecule has 0 bridgehead atoms. The summed E-state index contributed by atoms with van der Waals surface area (Å²) in [5, 5.41) is 10.9. The molecule has 94 valence electrons. The van der Waals surface area contributed by atoms with Crippen LogP contribution in [0.25, 0.3) is 10.7 Å². The van der Waals surface area contributed by atoms with Gasteiger partial charge in [0.2, 0.25) is 0 Å². The quantitative estimate of drug-likeness (QED) is 0.856. The highest BCUT2D eigenvalue weighted by Crippen LogP contribution is 2.37. The fourth-order valence-electron chi connectivity index (χ4n) is 2.44. The third-order valence-corrected chi connectivity index (χ3v) is 4.48. The number of aliphatic hydroxyl groups excluding tert-OH is 1. The van der Waals surface area contributed by atoms with Gasteiger partial charge in [-0.25, -0.2) is 4.98 Å². The van der Waals surface area contributed by atoms with E-state index >= 15 is 0 Å². The maximum Gasteiger partial charge on any atom is 0.142 e. The van der Waals surface area contributed by atoms with E-state index in [1.165, 1.54) is 4.88 Å². The molecule has 0 fully saturated rings. The highest BCUT2D eigenvalue weighted by Gasteiger charge is 2.23. The third kappa shape index (κ3) is 1.95. The standard InChI is InChI=1S/C14H16N2OS/c1-8-6-9(2)12(15-7-8)14-16-13-10(17)4-3-5-11(13)18-14/h6-7,10,17H,3-5H2,1-2H3. The van der Waals surface area contributed by atoms with Crippen molar-refractivity contribution in [3.05, 3.63) is 34.0 Å². The normalized spacial score (nSPS) is 18.7. The van der Waals surface area contributed by atoms with Crippen LogP contribution in [0.1, 0.15) is 40.6 Å². The second kappa shape index (κ2) is 4.44. The SMILES string of the molecule is Cc1cnc(-c2nc3c(s2)CCCC3O)c(C)c1. The zero-order valence-corrected chi connectivity index (χ0v) is 11.4. The minimum Gasteiger partial charge on any atom is -0.387 e. The zero-order valence-electron chi connectivity index (χ0n) is 10.6. The molecule has 1 unspecified atom stereocenters. The fourth-order valence-corrected chi connectivity index (χ4v) is 3.66. The van der Waals surface area contributed by atoms with Crippen LogP contribution in [0, 0.1) is 13.8 Å². The fraction of sp³-hybridized carbons (Fsp3) is 0.429. The number of rotatable bonds is 1. The van der Waals surface area contributed by atoms with Crippen LogP contribution in [0.5, 0.6) is 0 Å². The molecular formula is C14H16N2OS. The van der Waals surface area contributed by atoms with Crippen LogP contribution in [-0.4, -0.2) is 15.1 Å². The second-order valence-corrected chi connectivity index (χ2v) is 6.00. The van der Waals surface area contributed by atoms with E-state index in [0.29, 0.717) is 0 Å². The van der Waals surface area contributed by atoms with E-state index in [9.17, 15) is 5.11 Å². The van der Waals surface area contributed by atoms with Gasteiger partial charge in [-0.15, -0.1) is 11.3 Å². The van der Waals surface area contributed by atoms with Crippen LogP contribution in [0.2, 0.25) is 0 Å². The molecule has 2 heterocycles. The molecule has 0 aliphatic heterocycles. The van der Waals surface area contributed by atoms with Gasteiger partial charge in [-0.05, 0) is 44.2 Å². The topological polar surface area (TPSA) is 46.0 Å². The Kier molecular flexibility index (Phi) is 2.92. The van der Waals surface area contributed by atoms with Gasteiger partial charge in [0.25, 0.3) is 0 Å². The Bertz CT molecular complexity index is 591. The minimum atomic E-state index is -0.385. The lowest BCUT2D eigenvalue weighted by Crippen LogP contribution is -2.07. The van der Waals surface area contributed by atoms with Gasteiger partial charge in [0.1, 0.15) is 10.7 Å². The maximum atomic E-state index is 9.96. The Morgan fingerprint density at radius 1 is 1.39 bits per heavy atom. The molecule has 18 heavy (non-hydrogen) atoms. The summed E-state index contributed by atoms with van der Waals surface area (Å²) in [4.78, 5) is 10.3. The molecule has 4 heteroatoms. The molecule has 1 N–H and O–H groups in total. The van der Waals surface area contributed by atoms with E-state index in [4.69, 9.17) is 0 Å². The van der Waals surface area contributed by atoms with Crippen LogP contribution in [0.3, 0.4) is 0 Å². The van der Waals surface area contributed by atoms with E-state index in [0.717, 1.165) is 46.8 Å². The summed E-state index contributed by atoms with van der Waals surface area (Å²) in [5.74, 6) is 0. The average Bonchev–Trinajstić information content (AvgIpc) is 2.74. The minimum absolute atomic E-state index is 0.385. The predicted molar refractivity (Wildman–Crippen MR) is 72.7 cm³/mol. The number of thiazole rings is 1. The molecule has 2 aromatic heterocycles. The Balaban J connectivity index is 2.07. The smallest absolute Gasteiger partial charge is 0.142 e. The van der Waals surface area contributed by atoms with Gasteiger partial charge in [0.05, 0.1) is 11.8 Å². The number of fused-ring (bicyclic) bond motifs is 1. The lowest BCUT2D eigenvalue weighted by molar-refractivity contribution is 0.153. The van der Waals surface area contributed by atoms with Crippen molar-refractivity contribution in [2.45, 2.75) is 39.2 Å². The van der Waals surface area contributed by atoms with Crippen LogP contribution >= 0.6 is 11.3 Å². The van der Waals surface area contributed by atoms with Gasteiger partial charge >= 0.3 is 0 Å². The summed E-state index contributed by atoms with van der Waals surface area (Å²) in [6.45, 7) is 4.10. The molecule has 0 saturated carbocycles. The Morgan fingerprint density at radius 2 is 2.22 bits per heavy atom. The lowest BCUT2D eigenvalue weighted by Gasteiger charge is -2.14. The van der Waals surface area contributed by atoms with Crippen molar-refractivity contribution >= 4 is 11.3 Å². The van der Waals surface area contributed by atoms with Crippen LogP contribution in [-0.2, 0) is 6.42 Å². The molecule has 1 aliphatic rings. The van der Waals surface area contributed by atoms with E-state index < -0.39 is 0 Å². The first kappa shape index (κ1) is 11.8. The van der Waals surface area contributed by atoms with Crippen molar-refractivity contribution in [1.29, 1.82) is 0 Å². The molecule has 0 aromatic carbocycles. The van der Waals surface area contributed by atoms with Crippen molar-refractivity contribution in [2.75, 3.05) is 0 Å². The van der Waals surface area contributed by atoms with E-state index in [1.54, 1.807) is 11.3 Å². The Morgan fingerprint density at radius 3 is 2.94 bits per heavy atom. The summed E-state index contributed by atoms with van der Waals surface area (Å²) in [6, 6.07) is 2.12. The number of hydrogen-bond donors (Lipinski definition) is 1. The number of aliphatic hydroxyl groups is 1. The molecule has 3 rings (SSSR count). The molecule has 0 radical (unpaired) electrons. The molecule has 0 amide bonds. The monoisotopic (exact) mass is 260 g/mol. The largest absolute Gasteiger partial charge is 0.387 e. The highest BCUT2D eigenvalue weighted by molar-refractivity contribution is 7.15. The molecular weight excluding hydrogens is 244 g/mol. The molecule has 2 aromatic rings. The predicted octanol–water partition coefficient (Wildman–Crippen LogP) is 3.19. The summed E-state index contributed by atoms with van der Waals surface area (Å²) in [5.41, 5.74) is 4.14. The van der Waals surface area contributed by atoms with Gasteiger partial charge < -0.3 is 5.11 Å². The van der Waals surface area contributed by atoms with E-state index in [-0.39, 0.29) is 6.10 Å². The van der Waals surface area contributed by atoms with Crippen molar-refractivity contribution in [3.63, 3.8) is 0 Å². The second-order valence-electron chi connectivity index (χ2n) is 4.91. The third-order valence-electron chi connectivity index (χ3n) is 3.34. The number of aromatic nitrogens is 2. The molecule has 1 aliphatic carbocycles. The summed E-state index contributed by atoms with van der Waals surface area (Å²) in [7, 11) is 0. The van der Waals surface area contributed by atoms with Gasteiger partial charge in [-0.1, -0.05) is 6.07 Å². The van der Waals surface area contributed by atoms with E-state index in [1.807, 2.05) is 13.1 Å². The summed E-state index contributed by atoms with van der Waals surface area (Å²) < 4.78 is 0. The average molecular weight is 260 g/mol.